The van der Waals surface area contributed by atoms with Crippen LogP contribution >= 0.6 is 55.1 Å². The molecular formula is C13H8Br2Cl2O. The zero-order chi connectivity index (χ0) is 13.1. The number of alkyl halides is 1. The molecule has 0 bridgehead atoms. The Bertz CT molecular complexity index is 573. The van der Waals surface area contributed by atoms with Gasteiger partial charge in [-0.25, -0.2) is 0 Å². The highest BCUT2D eigenvalue weighted by atomic mass is 79.9. The molecule has 0 aromatic heterocycles. The van der Waals surface area contributed by atoms with E-state index in [0.29, 0.717) is 22.4 Å². The Morgan fingerprint density at radius 3 is 2.33 bits per heavy atom. The number of hydrogen-bond donors (Lipinski definition) is 0. The number of benzene rings is 2. The molecular weight excluding hydrogens is 403 g/mol. The number of rotatable bonds is 3. The maximum Gasteiger partial charge on any atom is 0.147 e. The Morgan fingerprint density at radius 2 is 1.61 bits per heavy atom. The molecule has 0 N–H and O–H groups in total. The lowest BCUT2D eigenvalue weighted by molar-refractivity contribution is 0.478. The molecule has 0 radical (unpaired) electrons. The zero-order valence-electron chi connectivity index (χ0n) is 9.09. The quantitative estimate of drug-likeness (QED) is 0.532. The molecule has 0 atom stereocenters. The van der Waals surface area contributed by atoms with Crippen molar-refractivity contribution in [3.8, 4) is 11.5 Å². The number of hydrogen-bond acceptors (Lipinski definition) is 1. The van der Waals surface area contributed by atoms with Crippen LogP contribution in [0.15, 0.2) is 45.3 Å². The van der Waals surface area contributed by atoms with Crippen molar-refractivity contribution in [2.24, 2.45) is 0 Å². The van der Waals surface area contributed by atoms with Gasteiger partial charge in [0.1, 0.15) is 11.5 Å². The minimum absolute atomic E-state index is 0.375. The van der Waals surface area contributed by atoms with E-state index in [-0.39, 0.29) is 0 Å². The largest absolute Gasteiger partial charge is 0.455 e. The van der Waals surface area contributed by atoms with Gasteiger partial charge in [-0.15, -0.1) is 11.6 Å². The second-order valence-electron chi connectivity index (χ2n) is 3.56. The van der Waals surface area contributed by atoms with Gasteiger partial charge in [0.05, 0.1) is 10.9 Å². The topological polar surface area (TPSA) is 9.23 Å². The molecule has 0 aliphatic heterocycles. The molecule has 0 unspecified atom stereocenters. The molecule has 18 heavy (non-hydrogen) atoms. The fourth-order valence-electron chi connectivity index (χ4n) is 1.43. The Balaban J connectivity index is 2.36. The fraction of sp³-hybridized carbons (Fsp3) is 0.0769. The summed E-state index contributed by atoms with van der Waals surface area (Å²) in [6, 6.07) is 11.1. The van der Waals surface area contributed by atoms with E-state index in [1.54, 1.807) is 6.07 Å². The van der Waals surface area contributed by atoms with E-state index in [1.807, 2.05) is 30.3 Å². The van der Waals surface area contributed by atoms with Crippen LogP contribution in [0.2, 0.25) is 5.02 Å². The van der Waals surface area contributed by atoms with Crippen LogP contribution in [0, 0.1) is 0 Å². The molecule has 2 rings (SSSR count). The van der Waals surface area contributed by atoms with Gasteiger partial charge >= 0.3 is 0 Å². The lowest BCUT2D eigenvalue weighted by Crippen LogP contribution is -1.90. The third-order valence-electron chi connectivity index (χ3n) is 2.28. The van der Waals surface area contributed by atoms with Gasteiger partial charge in [-0.05, 0) is 36.4 Å². The van der Waals surface area contributed by atoms with E-state index in [1.165, 1.54) is 0 Å². The average Bonchev–Trinajstić information content (AvgIpc) is 2.36. The average molecular weight is 411 g/mol. The zero-order valence-corrected chi connectivity index (χ0v) is 13.8. The molecule has 0 heterocycles. The molecule has 2 aromatic carbocycles. The first kappa shape index (κ1) is 14.2. The van der Waals surface area contributed by atoms with Gasteiger partial charge in [-0.3, -0.25) is 0 Å². The fourth-order valence-corrected chi connectivity index (χ4v) is 2.54. The highest BCUT2D eigenvalue weighted by Crippen LogP contribution is 2.34. The summed E-state index contributed by atoms with van der Waals surface area (Å²) in [7, 11) is 0. The van der Waals surface area contributed by atoms with E-state index >= 15 is 0 Å². The van der Waals surface area contributed by atoms with E-state index in [4.69, 9.17) is 27.9 Å². The monoisotopic (exact) mass is 408 g/mol. The van der Waals surface area contributed by atoms with Crippen LogP contribution in [-0.2, 0) is 5.88 Å². The van der Waals surface area contributed by atoms with Gasteiger partial charge in [-0.1, -0.05) is 43.5 Å². The molecule has 94 valence electrons. The third kappa shape index (κ3) is 3.41. The van der Waals surface area contributed by atoms with Gasteiger partial charge in [0, 0.05) is 14.5 Å². The first-order valence-corrected chi connectivity index (χ1v) is 7.57. The van der Waals surface area contributed by atoms with Crippen molar-refractivity contribution in [1.29, 1.82) is 0 Å². The predicted molar refractivity (Wildman–Crippen MR) is 82.9 cm³/mol. The molecule has 0 saturated heterocycles. The van der Waals surface area contributed by atoms with Crippen molar-refractivity contribution >= 4 is 55.1 Å². The highest BCUT2D eigenvalue weighted by Gasteiger charge is 2.08. The summed E-state index contributed by atoms with van der Waals surface area (Å²) in [6.07, 6.45) is 0. The lowest BCUT2D eigenvalue weighted by atomic mass is 10.2. The highest BCUT2D eigenvalue weighted by molar-refractivity contribution is 9.10. The Morgan fingerprint density at radius 1 is 0.944 bits per heavy atom. The van der Waals surface area contributed by atoms with Gasteiger partial charge in [-0.2, -0.15) is 0 Å². The minimum atomic E-state index is 0.375. The maximum absolute atomic E-state index is 6.08. The van der Waals surface area contributed by atoms with Gasteiger partial charge in [0.15, 0.2) is 0 Å². The molecule has 1 nitrogen and oxygen atoms in total. The summed E-state index contributed by atoms with van der Waals surface area (Å²) in [4.78, 5) is 0. The molecule has 0 fully saturated rings. The van der Waals surface area contributed by atoms with E-state index in [0.717, 1.165) is 14.5 Å². The van der Waals surface area contributed by atoms with Crippen molar-refractivity contribution in [1.82, 2.24) is 0 Å². The smallest absolute Gasteiger partial charge is 0.147 e. The normalized spacial score (nSPS) is 10.4. The van der Waals surface area contributed by atoms with Gasteiger partial charge in [0.2, 0.25) is 0 Å². The second kappa shape index (κ2) is 6.29. The molecule has 0 saturated carbocycles. The van der Waals surface area contributed by atoms with Crippen LogP contribution in [0.5, 0.6) is 11.5 Å². The van der Waals surface area contributed by atoms with Gasteiger partial charge in [0.25, 0.3) is 0 Å². The van der Waals surface area contributed by atoms with Crippen molar-refractivity contribution in [2.45, 2.75) is 5.88 Å². The molecule has 5 heteroatoms. The van der Waals surface area contributed by atoms with Crippen LogP contribution < -0.4 is 4.74 Å². The van der Waals surface area contributed by atoms with Crippen LogP contribution in [0.4, 0.5) is 0 Å². The standard InChI is InChI=1S/C13H8Br2Cl2O/c14-9-2-4-12(8(5-9)7-16)18-13-6-10(15)1-3-11(13)17/h1-6H,7H2. The van der Waals surface area contributed by atoms with E-state index in [2.05, 4.69) is 31.9 Å². The molecule has 0 aliphatic carbocycles. The number of ether oxygens (including phenoxy) is 1. The molecule has 0 spiro atoms. The first-order valence-electron chi connectivity index (χ1n) is 5.07. The van der Waals surface area contributed by atoms with E-state index in [9.17, 15) is 0 Å². The predicted octanol–water partition coefficient (Wildman–Crippen LogP) is 6.40. The summed E-state index contributed by atoms with van der Waals surface area (Å²) >= 11 is 18.8. The minimum Gasteiger partial charge on any atom is -0.455 e. The molecule has 0 aliphatic rings. The Kier molecular flexibility index (Phi) is 4.96. The van der Waals surface area contributed by atoms with Crippen LogP contribution in [0.3, 0.4) is 0 Å². The summed E-state index contributed by atoms with van der Waals surface area (Å²) in [6.45, 7) is 0. The summed E-state index contributed by atoms with van der Waals surface area (Å²) in [5.74, 6) is 1.67. The summed E-state index contributed by atoms with van der Waals surface area (Å²) in [5, 5.41) is 0.557. The first-order chi connectivity index (χ1) is 8.60. The Hall–Kier alpha value is -0.220. The van der Waals surface area contributed by atoms with Crippen molar-refractivity contribution in [3.63, 3.8) is 0 Å². The SMILES string of the molecule is ClCc1cc(Br)ccc1Oc1cc(Br)ccc1Cl. The van der Waals surface area contributed by atoms with E-state index < -0.39 is 0 Å². The molecule has 2 aromatic rings. The van der Waals surface area contributed by atoms with Crippen LogP contribution in [0.1, 0.15) is 5.56 Å². The second-order valence-corrected chi connectivity index (χ2v) is 6.07. The third-order valence-corrected chi connectivity index (χ3v) is 3.87. The number of halogens is 4. The van der Waals surface area contributed by atoms with Crippen molar-refractivity contribution < 1.29 is 4.74 Å². The maximum atomic E-state index is 6.08. The lowest BCUT2D eigenvalue weighted by Gasteiger charge is -2.11. The van der Waals surface area contributed by atoms with Gasteiger partial charge < -0.3 is 4.74 Å². The van der Waals surface area contributed by atoms with Crippen LogP contribution in [-0.4, -0.2) is 0 Å². The summed E-state index contributed by atoms with van der Waals surface area (Å²) in [5.41, 5.74) is 0.905. The van der Waals surface area contributed by atoms with Crippen molar-refractivity contribution in [2.75, 3.05) is 0 Å². The van der Waals surface area contributed by atoms with Crippen LogP contribution in [0.25, 0.3) is 0 Å². The summed E-state index contributed by atoms with van der Waals surface area (Å²) < 4.78 is 7.67. The molecule has 0 amide bonds. The Labute approximate surface area is 132 Å². The van der Waals surface area contributed by atoms with Crippen molar-refractivity contribution in [3.05, 3.63) is 55.9 Å².